The molecule has 0 aliphatic carbocycles. The van der Waals surface area contributed by atoms with Crippen LogP contribution in [0.15, 0.2) is 59.8 Å². The number of benzene rings is 2. The van der Waals surface area contributed by atoms with Gasteiger partial charge in [-0.1, -0.05) is 47.6 Å². The summed E-state index contributed by atoms with van der Waals surface area (Å²) >= 11 is 0. The molecular weight excluding hydrogens is 306 g/mol. The summed E-state index contributed by atoms with van der Waals surface area (Å²) in [6.45, 7) is -0.0229. The van der Waals surface area contributed by atoms with E-state index in [0.29, 0.717) is 23.5 Å². The van der Waals surface area contributed by atoms with E-state index >= 15 is 0 Å². The Morgan fingerprint density at radius 3 is 2.71 bits per heavy atom. The fraction of sp³-hybridized carbons (Fsp3) is 0.167. The van der Waals surface area contributed by atoms with Gasteiger partial charge in [0.15, 0.2) is 6.10 Å². The third-order valence-electron chi connectivity index (χ3n) is 4.10. The molecule has 1 atom stereocenters. The Morgan fingerprint density at radius 1 is 1.12 bits per heavy atom. The third-order valence-corrected chi connectivity index (χ3v) is 4.10. The second kappa shape index (κ2) is 5.81. The maximum absolute atomic E-state index is 12.8. The highest BCUT2D eigenvalue weighted by atomic mass is 16.6. The van der Waals surface area contributed by atoms with Crippen LogP contribution in [0.3, 0.4) is 0 Å². The van der Waals surface area contributed by atoms with E-state index in [2.05, 4.69) is 10.5 Å². The minimum atomic E-state index is -0.296. The molecule has 0 bridgehead atoms. The lowest BCUT2D eigenvalue weighted by Gasteiger charge is -2.28. The van der Waals surface area contributed by atoms with Gasteiger partial charge in [-0.15, -0.1) is 0 Å². The van der Waals surface area contributed by atoms with Gasteiger partial charge in [0, 0.05) is 6.42 Å². The predicted molar refractivity (Wildman–Crippen MR) is 89.7 cm³/mol. The molecule has 0 unspecified atom stereocenters. The summed E-state index contributed by atoms with van der Waals surface area (Å²) in [4.78, 5) is 31.6. The van der Waals surface area contributed by atoms with Crippen molar-refractivity contribution < 1.29 is 14.4 Å². The van der Waals surface area contributed by atoms with Crippen LogP contribution in [0.5, 0.6) is 0 Å². The van der Waals surface area contributed by atoms with Crippen LogP contribution in [0, 0.1) is 0 Å². The summed E-state index contributed by atoms with van der Waals surface area (Å²) in [5.41, 5.74) is 2.60. The van der Waals surface area contributed by atoms with Crippen LogP contribution < -0.4 is 10.2 Å². The van der Waals surface area contributed by atoms with Crippen molar-refractivity contribution in [1.82, 2.24) is 0 Å². The van der Waals surface area contributed by atoms with Gasteiger partial charge in [0.1, 0.15) is 12.3 Å². The van der Waals surface area contributed by atoms with Crippen LogP contribution in [0.2, 0.25) is 0 Å². The van der Waals surface area contributed by atoms with Gasteiger partial charge >= 0.3 is 0 Å². The molecule has 2 aromatic rings. The minimum absolute atomic E-state index is 0.0229. The average Bonchev–Trinajstić information content (AvgIpc) is 3.11. The highest BCUT2D eigenvalue weighted by molar-refractivity contribution is 6.45. The fourth-order valence-electron chi connectivity index (χ4n) is 2.92. The molecule has 0 fully saturated rings. The van der Waals surface area contributed by atoms with E-state index in [4.69, 9.17) is 4.84 Å². The lowest BCUT2D eigenvalue weighted by atomic mass is 10.0. The Labute approximate surface area is 138 Å². The quantitative estimate of drug-likeness (QED) is 0.924. The highest BCUT2D eigenvalue weighted by Gasteiger charge is 2.34. The SMILES string of the molecule is O=C1CN(C(=O)C2=NO[C@@H](c3ccccc3)C2)c2ccccc2N1. The second-order valence-electron chi connectivity index (χ2n) is 5.70. The van der Waals surface area contributed by atoms with E-state index in [1.807, 2.05) is 42.5 Å². The van der Waals surface area contributed by atoms with E-state index in [0.717, 1.165) is 5.56 Å². The van der Waals surface area contributed by atoms with Crippen molar-refractivity contribution in [3.8, 4) is 0 Å². The number of amides is 2. The van der Waals surface area contributed by atoms with E-state index in [9.17, 15) is 9.59 Å². The van der Waals surface area contributed by atoms with Gasteiger partial charge in [0.2, 0.25) is 5.91 Å². The molecule has 6 heteroatoms. The maximum atomic E-state index is 12.8. The summed E-state index contributed by atoms with van der Waals surface area (Å²) in [5.74, 6) is -0.517. The number of fused-ring (bicyclic) bond motifs is 1. The number of nitrogens with one attached hydrogen (secondary N) is 1. The van der Waals surface area contributed by atoms with E-state index < -0.39 is 0 Å². The Balaban J connectivity index is 1.56. The Morgan fingerprint density at radius 2 is 1.88 bits per heavy atom. The molecule has 2 heterocycles. The molecule has 0 spiro atoms. The number of hydrogen-bond donors (Lipinski definition) is 1. The molecular formula is C18H15N3O3. The zero-order chi connectivity index (χ0) is 16.5. The fourth-order valence-corrected chi connectivity index (χ4v) is 2.92. The number of nitrogens with zero attached hydrogens (tertiary/aromatic N) is 2. The van der Waals surface area contributed by atoms with Crippen LogP contribution in [0.4, 0.5) is 11.4 Å². The number of oxime groups is 1. The van der Waals surface area contributed by atoms with Crippen LogP contribution in [0.25, 0.3) is 0 Å². The molecule has 0 saturated heterocycles. The summed E-state index contributed by atoms with van der Waals surface area (Å²) < 4.78 is 0. The van der Waals surface area contributed by atoms with Gasteiger partial charge in [-0.05, 0) is 17.7 Å². The molecule has 0 saturated carbocycles. The average molecular weight is 321 g/mol. The predicted octanol–water partition coefficient (Wildman–Crippen LogP) is 2.49. The second-order valence-corrected chi connectivity index (χ2v) is 5.70. The first kappa shape index (κ1) is 14.4. The molecule has 1 N–H and O–H groups in total. The molecule has 2 aliphatic rings. The smallest absolute Gasteiger partial charge is 0.276 e. The number of rotatable bonds is 2. The summed E-state index contributed by atoms with van der Waals surface area (Å²) in [6.07, 6.45) is 0.127. The summed E-state index contributed by atoms with van der Waals surface area (Å²) in [6, 6.07) is 16.9. The third kappa shape index (κ3) is 2.52. The molecule has 24 heavy (non-hydrogen) atoms. The Bertz CT molecular complexity index is 832. The number of hydrogen-bond acceptors (Lipinski definition) is 4. The molecule has 0 radical (unpaired) electrons. The monoisotopic (exact) mass is 321 g/mol. The standard InChI is InChI=1S/C18H15N3O3/c22-17-11-21(15-9-5-4-8-13(15)19-17)18(23)14-10-16(24-20-14)12-6-2-1-3-7-12/h1-9,16H,10-11H2,(H,19,22)/t16-/m1/s1. The first-order valence-electron chi connectivity index (χ1n) is 7.71. The molecule has 2 aliphatic heterocycles. The van der Waals surface area contributed by atoms with Crippen molar-refractivity contribution in [2.24, 2.45) is 5.16 Å². The number of anilines is 2. The van der Waals surface area contributed by atoms with Gasteiger partial charge in [-0.25, -0.2) is 0 Å². The van der Waals surface area contributed by atoms with Crippen molar-refractivity contribution in [3.05, 3.63) is 60.2 Å². The largest absolute Gasteiger partial charge is 0.387 e. The molecule has 6 nitrogen and oxygen atoms in total. The van der Waals surface area contributed by atoms with E-state index in [-0.39, 0.29) is 24.5 Å². The molecule has 2 amide bonds. The zero-order valence-electron chi connectivity index (χ0n) is 12.8. The van der Waals surface area contributed by atoms with Crippen LogP contribution in [-0.2, 0) is 14.4 Å². The highest BCUT2D eigenvalue weighted by Crippen LogP contribution is 2.32. The Hall–Kier alpha value is -3.15. The molecule has 0 aromatic heterocycles. The van der Waals surface area contributed by atoms with Crippen molar-refractivity contribution in [3.63, 3.8) is 0 Å². The molecule has 4 rings (SSSR count). The summed E-state index contributed by atoms with van der Waals surface area (Å²) in [7, 11) is 0. The van der Waals surface area contributed by atoms with Gasteiger partial charge in [-0.3, -0.25) is 14.5 Å². The first-order chi connectivity index (χ1) is 11.7. The number of para-hydroxylation sites is 2. The van der Waals surface area contributed by atoms with Gasteiger partial charge < -0.3 is 10.2 Å². The van der Waals surface area contributed by atoms with Gasteiger partial charge in [0.05, 0.1) is 11.4 Å². The molecule has 2 aromatic carbocycles. The molecule has 120 valence electrons. The lowest BCUT2D eigenvalue weighted by Crippen LogP contribution is -2.45. The van der Waals surface area contributed by atoms with Crippen LogP contribution >= 0.6 is 0 Å². The minimum Gasteiger partial charge on any atom is -0.387 e. The van der Waals surface area contributed by atoms with Crippen molar-refractivity contribution in [2.45, 2.75) is 12.5 Å². The maximum Gasteiger partial charge on any atom is 0.276 e. The summed E-state index contributed by atoms with van der Waals surface area (Å²) in [5, 5.41) is 6.73. The number of carbonyl (C=O) groups excluding carboxylic acids is 2. The normalized spacial score (nSPS) is 19.2. The topological polar surface area (TPSA) is 71.0 Å². The van der Waals surface area contributed by atoms with Gasteiger partial charge in [-0.2, -0.15) is 0 Å². The zero-order valence-corrected chi connectivity index (χ0v) is 12.8. The van der Waals surface area contributed by atoms with Crippen LogP contribution in [-0.4, -0.2) is 24.1 Å². The van der Waals surface area contributed by atoms with Crippen LogP contribution in [0.1, 0.15) is 18.1 Å². The van der Waals surface area contributed by atoms with Crippen molar-refractivity contribution in [2.75, 3.05) is 16.8 Å². The van der Waals surface area contributed by atoms with E-state index in [1.165, 1.54) is 4.90 Å². The van der Waals surface area contributed by atoms with Gasteiger partial charge in [0.25, 0.3) is 5.91 Å². The lowest BCUT2D eigenvalue weighted by molar-refractivity contribution is -0.118. The number of carbonyl (C=O) groups is 2. The van der Waals surface area contributed by atoms with Crippen molar-refractivity contribution in [1.29, 1.82) is 0 Å². The van der Waals surface area contributed by atoms with Crippen molar-refractivity contribution >= 4 is 28.9 Å². The Kier molecular flexibility index (Phi) is 3.49. The van der Waals surface area contributed by atoms with E-state index in [1.54, 1.807) is 12.1 Å². The first-order valence-corrected chi connectivity index (χ1v) is 7.71.